The summed E-state index contributed by atoms with van der Waals surface area (Å²) in [4.78, 5) is 12.6. The van der Waals surface area contributed by atoms with Gasteiger partial charge in [-0.1, -0.05) is 17.7 Å². The highest BCUT2D eigenvalue weighted by atomic mass is 35.5. The Morgan fingerprint density at radius 1 is 1.33 bits per heavy atom. The van der Waals surface area contributed by atoms with E-state index in [2.05, 4.69) is 20.9 Å². The highest BCUT2D eigenvalue weighted by Crippen LogP contribution is 2.48. The highest BCUT2D eigenvalue weighted by molar-refractivity contribution is 6.30. The Morgan fingerprint density at radius 2 is 2.12 bits per heavy atom. The average Bonchev–Trinajstić information content (AvgIpc) is 2.85. The van der Waals surface area contributed by atoms with Crippen LogP contribution < -0.4 is 4.90 Å². The predicted octanol–water partition coefficient (Wildman–Crippen LogP) is 3.75. The van der Waals surface area contributed by atoms with Gasteiger partial charge in [-0.15, -0.1) is 0 Å². The molecule has 0 aliphatic carbocycles. The Morgan fingerprint density at radius 3 is 2.83 bits per heavy atom. The number of hydrogen-bond acceptors (Lipinski definition) is 4. The Kier molecular flexibility index (Phi) is 4.41. The van der Waals surface area contributed by atoms with Gasteiger partial charge in [-0.25, -0.2) is 4.99 Å². The molecule has 2 unspecified atom stereocenters. The summed E-state index contributed by atoms with van der Waals surface area (Å²) in [6.07, 6.45) is 5.24. The fraction of sp³-hybridized carbons (Fsp3) is 0.278. The zero-order valence-corrected chi connectivity index (χ0v) is 14.6. The Labute approximate surface area is 146 Å². The Hall–Kier alpha value is -2.58. The summed E-state index contributed by atoms with van der Waals surface area (Å²) in [5.74, 6) is -0.267. The van der Waals surface area contributed by atoms with Gasteiger partial charge in [-0.05, 0) is 29.3 Å². The average molecular weight is 340 g/mol. The normalized spacial score (nSPS) is 19.4. The maximum Gasteiger partial charge on any atom is 0.0978 e. The zero-order valence-electron chi connectivity index (χ0n) is 13.8. The number of benzene rings is 1. The van der Waals surface area contributed by atoms with Gasteiger partial charge in [0.15, 0.2) is 0 Å². The van der Waals surface area contributed by atoms with Crippen LogP contribution in [0.1, 0.15) is 23.1 Å². The number of fused-ring (bicyclic) bond motifs is 1. The van der Waals surface area contributed by atoms with E-state index < -0.39 is 0 Å². The smallest absolute Gasteiger partial charge is 0.0978 e. The lowest BCUT2D eigenvalue weighted by Crippen LogP contribution is -2.22. The van der Waals surface area contributed by atoms with Crippen LogP contribution in [-0.2, 0) is 0 Å². The van der Waals surface area contributed by atoms with E-state index in [1.54, 1.807) is 18.7 Å². The summed E-state index contributed by atoms with van der Waals surface area (Å²) in [5.41, 5.74) is 3.71. The number of halogens is 1. The van der Waals surface area contributed by atoms with Gasteiger partial charge < -0.3 is 9.80 Å². The first-order valence-electron chi connectivity index (χ1n) is 7.58. The molecular formula is C18H18ClN5. The minimum atomic E-state index is -0.267. The lowest BCUT2D eigenvalue weighted by atomic mass is 9.92. The molecule has 0 radical (unpaired) electrons. The number of nitrogens with zero attached hydrogens (tertiary/aromatic N) is 5. The number of nitriles is 1. The van der Waals surface area contributed by atoms with Crippen LogP contribution in [0.3, 0.4) is 0 Å². The molecule has 2 heterocycles. The number of likely N-dealkylation sites (N-methyl/N-ethyl adjacent to an activating group) is 1. The first-order chi connectivity index (χ1) is 11.5. The summed E-state index contributed by atoms with van der Waals surface area (Å²) in [6.45, 7) is 0. The van der Waals surface area contributed by atoms with Crippen molar-refractivity contribution in [3.63, 3.8) is 0 Å². The lowest BCUT2D eigenvalue weighted by molar-refractivity contribution is 0.643. The van der Waals surface area contributed by atoms with Crippen LogP contribution in [0, 0.1) is 11.3 Å². The molecule has 122 valence electrons. The summed E-state index contributed by atoms with van der Waals surface area (Å²) < 4.78 is 0. The molecule has 0 amide bonds. The highest BCUT2D eigenvalue weighted by Gasteiger charge is 2.38. The molecule has 1 aliphatic heterocycles. The Balaban J connectivity index is 2.01. The fourth-order valence-electron chi connectivity index (χ4n) is 3.04. The second-order valence-electron chi connectivity index (χ2n) is 6.05. The molecule has 24 heavy (non-hydrogen) atoms. The van der Waals surface area contributed by atoms with Crippen LogP contribution in [-0.4, -0.2) is 37.4 Å². The lowest BCUT2D eigenvalue weighted by Gasteiger charge is -2.24. The molecule has 1 aromatic heterocycles. The molecule has 0 fully saturated rings. The van der Waals surface area contributed by atoms with Gasteiger partial charge in [-0.2, -0.15) is 5.26 Å². The molecular weight excluding hydrogens is 322 g/mol. The van der Waals surface area contributed by atoms with Crippen LogP contribution in [0.5, 0.6) is 0 Å². The molecule has 0 saturated carbocycles. The van der Waals surface area contributed by atoms with Gasteiger partial charge in [0.25, 0.3) is 0 Å². The van der Waals surface area contributed by atoms with Crippen molar-refractivity contribution in [1.29, 1.82) is 5.26 Å². The van der Waals surface area contributed by atoms with E-state index in [9.17, 15) is 5.26 Å². The van der Waals surface area contributed by atoms with Gasteiger partial charge in [0.1, 0.15) is 0 Å². The minimum Gasteiger partial charge on any atom is -0.369 e. The molecule has 1 aromatic carbocycles. The quantitative estimate of drug-likeness (QED) is 0.631. The number of pyridine rings is 1. The monoisotopic (exact) mass is 339 g/mol. The van der Waals surface area contributed by atoms with Gasteiger partial charge in [0, 0.05) is 38.0 Å². The van der Waals surface area contributed by atoms with E-state index in [0.29, 0.717) is 5.02 Å². The SMILES string of the molecule is CN(C)C=Nc1cncc(C2C(C#N)c3ccc(Cl)cc3N2C)c1. The van der Waals surface area contributed by atoms with Crippen LogP contribution >= 0.6 is 11.6 Å². The van der Waals surface area contributed by atoms with Gasteiger partial charge in [0.2, 0.25) is 0 Å². The van der Waals surface area contributed by atoms with Crippen molar-refractivity contribution in [3.8, 4) is 6.07 Å². The maximum atomic E-state index is 9.71. The molecule has 0 bridgehead atoms. The second kappa shape index (κ2) is 6.50. The number of aliphatic imine (C=N–C) groups is 1. The third-order valence-corrected chi connectivity index (χ3v) is 4.34. The molecule has 0 N–H and O–H groups in total. The van der Waals surface area contributed by atoms with Gasteiger partial charge >= 0.3 is 0 Å². The van der Waals surface area contributed by atoms with E-state index in [0.717, 1.165) is 22.5 Å². The molecule has 0 saturated heterocycles. The van der Waals surface area contributed by atoms with E-state index in [-0.39, 0.29) is 12.0 Å². The molecule has 0 spiro atoms. The van der Waals surface area contributed by atoms with Crippen LogP contribution in [0.15, 0.2) is 41.7 Å². The zero-order chi connectivity index (χ0) is 17.3. The number of anilines is 1. The molecule has 2 atom stereocenters. The summed E-state index contributed by atoms with van der Waals surface area (Å²) in [7, 11) is 5.81. The number of hydrogen-bond donors (Lipinski definition) is 0. The Bertz CT molecular complexity index is 824. The molecule has 6 heteroatoms. The van der Waals surface area contributed by atoms with Crippen LogP contribution in [0.2, 0.25) is 5.02 Å². The first-order valence-corrected chi connectivity index (χ1v) is 7.96. The van der Waals surface area contributed by atoms with Gasteiger partial charge in [0.05, 0.1) is 36.3 Å². The molecule has 5 nitrogen and oxygen atoms in total. The maximum absolute atomic E-state index is 9.71. The van der Waals surface area contributed by atoms with E-state index in [1.165, 1.54) is 0 Å². The number of rotatable bonds is 3. The third-order valence-electron chi connectivity index (χ3n) is 4.10. The van der Waals surface area contributed by atoms with Crippen molar-refractivity contribution < 1.29 is 0 Å². The topological polar surface area (TPSA) is 55.5 Å². The van der Waals surface area contributed by atoms with Crippen molar-refractivity contribution in [1.82, 2.24) is 9.88 Å². The first kappa shape index (κ1) is 16.3. The van der Waals surface area contributed by atoms with Crippen LogP contribution in [0.25, 0.3) is 0 Å². The largest absolute Gasteiger partial charge is 0.369 e. The van der Waals surface area contributed by atoms with Gasteiger partial charge in [-0.3, -0.25) is 4.98 Å². The van der Waals surface area contributed by atoms with Crippen molar-refractivity contribution in [2.75, 3.05) is 26.0 Å². The molecule has 2 aromatic rings. The number of aromatic nitrogens is 1. The van der Waals surface area contributed by atoms with Crippen LogP contribution in [0.4, 0.5) is 11.4 Å². The minimum absolute atomic E-state index is 0.106. The second-order valence-corrected chi connectivity index (χ2v) is 6.49. The van der Waals surface area contributed by atoms with Crippen molar-refractivity contribution in [2.45, 2.75) is 12.0 Å². The standard InChI is InChI=1S/C18H18ClN5/c1-23(2)11-22-14-6-12(9-21-10-14)18-16(8-20)15-5-4-13(19)7-17(15)24(18)3/h4-7,9-11,16,18H,1-3H3. The van der Waals surface area contributed by atoms with E-state index in [4.69, 9.17) is 11.6 Å². The van der Waals surface area contributed by atoms with E-state index in [1.807, 2.05) is 50.3 Å². The fourth-order valence-corrected chi connectivity index (χ4v) is 3.21. The van der Waals surface area contributed by atoms with Crippen molar-refractivity contribution >= 4 is 29.3 Å². The van der Waals surface area contributed by atoms with E-state index >= 15 is 0 Å². The molecule has 3 rings (SSSR count). The predicted molar refractivity (Wildman–Crippen MR) is 97.0 cm³/mol. The summed E-state index contributed by atoms with van der Waals surface area (Å²) in [6, 6.07) is 9.97. The third kappa shape index (κ3) is 2.93. The van der Waals surface area contributed by atoms with Crippen molar-refractivity contribution in [3.05, 3.63) is 52.8 Å². The van der Waals surface area contributed by atoms with Crippen molar-refractivity contribution in [2.24, 2.45) is 4.99 Å². The molecule has 1 aliphatic rings. The summed E-state index contributed by atoms with van der Waals surface area (Å²) >= 11 is 6.12. The summed E-state index contributed by atoms with van der Waals surface area (Å²) in [5, 5.41) is 10.4.